The molecule has 0 amide bonds. The van der Waals surface area contributed by atoms with Crippen molar-refractivity contribution in [3.63, 3.8) is 0 Å². The summed E-state index contributed by atoms with van der Waals surface area (Å²) in [7, 11) is -1.01. The summed E-state index contributed by atoms with van der Waals surface area (Å²) in [6.07, 6.45) is 5.95. The third kappa shape index (κ3) is 18.0. The van der Waals surface area contributed by atoms with E-state index in [-0.39, 0.29) is 34.5 Å². The fourth-order valence-corrected chi connectivity index (χ4v) is 8.94. The Hall–Kier alpha value is -3.23. The van der Waals surface area contributed by atoms with Gasteiger partial charge >= 0.3 is 0 Å². The standard InChI is InChI=1S/C50H78O8Si2/c1-15-19-45(55-37-42-24-28-44(52-10)29-25-42)33-48(38-54-36-40-20-17-16-18-21-40)56-39(2)32-47(58-60(13,14)50(6,7)8)34-46(57-59(11,12)49(3,4)5)30-31-53-35-41-22-26-43(51-9)27-23-41/h15-29,45-48H,2,30-38H2,1,3-14H3/b19-15+/t45-,46-,47-,48-/m1/s1. The lowest BCUT2D eigenvalue weighted by atomic mass is 10.1. The molecule has 4 atom stereocenters. The number of benzene rings is 3. The third-order valence-electron chi connectivity index (χ3n) is 11.8. The first-order valence-electron chi connectivity index (χ1n) is 21.6. The summed E-state index contributed by atoms with van der Waals surface area (Å²) in [6, 6.07) is 26.2. The van der Waals surface area contributed by atoms with E-state index in [0.717, 1.165) is 34.6 Å². The molecule has 0 aromatic heterocycles. The zero-order valence-electron chi connectivity index (χ0n) is 39.3. The van der Waals surface area contributed by atoms with E-state index in [4.69, 9.17) is 37.3 Å². The van der Waals surface area contributed by atoms with Crippen LogP contribution in [0, 0.1) is 0 Å². The highest BCUT2D eigenvalue weighted by Gasteiger charge is 2.42. The van der Waals surface area contributed by atoms with Gasteiger partial charge in [-0.1, -0.05) is 115 Å². The number of allylic oxidation sites excluding steroid dienone is 1. The number of methoxy groups -OCH3 is 2. The van der Waals surface area contributed by atoms with Crippen LogP contribution < -0.4 is 9.47 Å². The lowest BCUT2D eigenvalue weighted by Gasteiger charge is -2.43. The molecule has 10 heteroatoms. The van der Waals surface area contributed by atoms with Gasteiger partial charge in [0, 0.05) is 25.6 Å². The minimum absolute atomic E-state index is 0.0133. The first-order chi connectivity index (χ1) is 28.2. The summed E-state index contributed by atoms with van der Waals surface area (Å²) in [5.41, 5.74) is 3.29. The van der Waals surface area contributed by atoms with Crippen molar-refractivity contribution < 1.29 is 37.3 Å². The van der Waals surface area contributed by atoms with Crippen LogP contribution in [0.25, 0.3) is 0 Å². The average molecular weight is 863 g/mol. The summed E-state index contributed by atoms with van der Waals surface area (Å²) in [5, 5.41) is 0.0586. The molecule has 334 valence electrons. The minimum Gasteiger partial charge on any atom is -0.497 e. The lowest BCUT2D eigenvalue weighted by Crippen LogP contribution is -2.47. The molecule has 3 aromatic rings. The number of hydrogen-bond acceptors (Lipinski definition) is 8. The average Bonchev–Trinajstić information content (AvgIpc) is 3.18. The third-order valence-corrected chi connectivity index (χ3v) is 20.9. The van der Waals surface area contributed by atoms with Gasteiger partial charge in [-0.3, -0.25) is 0 Å². The van der Waals surface area contributed by atoms with Crippen LogP contribution in [0.4, 0.5) is 0 Å². The molecule has 0 aliphatic rings. The zero-order chi connectivity index (χ0) is 44.4. The SMILES string of the molecule is C=C(C[C@H](C[C@@H](CCOCc1ccc(OC)cc1)O[Si](C)(C)C(C)(C)C)O[Si](C)(C)C(C)(C)C)O[C@@H](COCc1ccccc1)C[C@@H](/C=C/C)OCc1ccc(OC)cc1. The topological polar surface area (TPSA) is 73.8 Å². The fourth-order valence-electron chi connectivity index (χ4n) is 6.18. The van der Waals surface area contributed by atoms with Crippen LogP contribution >= 0.6 is 0 Å². The number of rotatable bonds is 27. The Morgan fingerprint density at radius 1 is 0.633 bits per heavy atom. The van der Waals surface area contributed by atoms with E-state index in [1.807, 2.05) is 79.7 Å². The first kappa shape index (κ1) is 51.1. The molecule has 0 aliphatic carbocycles. The Morgan fingerprint density at radius 2 is 1.13 bits per heavy atom. The molecule has 8 nitrogen and oxygen atoms in total. The van der Waals surface area contributed by atoms with Gasteiger partial charge < -0.3 is 37.3 Å². The Morgan fingerprint density at radius 3 is 1.65 bits per heavy atom. The number of hydrogen-bond donors (Lipinski definition) is 0. The molecule has 0 saturated carbocycles. The van der Waals surface area contributed by atoms with E-state index in [9.17, 15) is 0 Å². The van der Waals surface area contributed by atoms with Crippen molar-refractivity contribution in [2.75, 3.05) is 27.4 Å². The summed E-state index contributed by atoms with van der Waals surface area (Å²) < 4.78 is 51.0. The summed E-state index contributed by atoms with van der Waals surface area (Å²) >= 11 is 0. The fraction of sp³-hybridized carbons (Fsp3) is 0.560. The Bertz CT molecular complexity index is 1680. The molecule has 0 unspecified atom stereocenters. The van der Waals surface area contributed by atoms with Crippen LogP contribution in [0.3, 0.4) is 0 Å². The van der Waals surface area contributed by atoms with Crippen molar-refractivity contribution in [3.8, 4) is 11.5 Å². The van der Waals surface area contributed by atoms with Crippen LogP contribution in [0.15, 0.2) is 103 Å². The molecule has 0 bridgehead atoms. The van der Waals surface area contributed by atoms with Crippen molar-refractivity contribution >= 4 is 16.6 Å². The summed E-state index contributed by atoms with van der Waals surface area (Å²) in [6.45, 7) is 31.9. The molecule has 3 rings (SSSR count). The molecular weight excluding hydrogens is 785 g/mol. The molecule has 60 heavy (non-hydrogen) atoms. The van der Waals surface area contributed by atoms with E-state index >= 15 is 0 Å². The van der Waals surface area contributed by atoms with Gasteiger partial charge in [0.15, 0.2) is 16.6 Å². The number of ether oxygens (including phenoxy) is 6. The Labute approximate surface area is 366 Å². The van der Waals surface area contributed by atoms with Crippen LogP contribution in [0.2, 0.25) is 36.3 Å². The quantitative estimate of drug-likeness (QED) is 0.0325. The van der Waals surface area contributed by atoms with E-state index < -0.39 is 16.6 Å². The predicted molar refractivity (Wildman–Crippen MR) is 252 cm³/mol. The largest absolute Gasteiger partial charge is 0.497 e. The van der Waals surface area contributed by atoms with E-state index in [1.165, 1.54) is 0 Å². The van der Waals surface area contributed by atoms with E-state index in [1.54, 1.807) is 14.2 Å². The molecule has 3 aromatic carbocycles. The van der Waals surface area contributed by atoms with Crippen LogP contribution in [0.1, 0.15) is 90.8 Å². The van der Waals surface area contributed by atoms with E-state index in [0.29, 0.717) is 58.1 Å². The predicted octanol–water partition coefficient (Wildman–Crippen LogP) is 12.8. The monoisotopic (exact) mass is 863 g/mol. The van der Waals surface area contributed by atoms with Crippen molar-refractivity contribution in [2.45, 2.75) is 155 Å². The summed E-state index contributed by atoms with van der Waals surface area (Å²) in [4.78, 5) is 0. The molecular formula is C50H78O8Si2. The zero-order valence-corrected chi connectivity index (χ0v) is 41.3. The molecule has 0 radical (unpaired) electrons. The normalized spacial score (nSPS) is 14.8. The van der Waals surface area contributed by atoms with Crippen LogP contribution in [-0.4, -0.2) is 68.5 Å². The van der Waals surface area contributed by atoms with Gasteiger partial charge in [-0.2, -0.15) is 0 Å². The van der Waals surface area contributed by atoms with Gasteiger partial charge in [0.2, 0.25) is 0 Å². The van der Waals surface area contributed by atoms with Gasteiger partial charge in [-0.15, -0.1) is 0 Å². The second kappa shape index (κ2) is 24.4. The highest BCUT2D eigenvalue weighted by molar-refractivity contribution is 6.74. The van der Waals surface area contributed by atoms with Gasteiger partial charge in [0.25, 0.3) is 0 Å². The molecule has 0 saturated heterocycles. The van der Waals surface area contributed by atoms with Crippen LogP contribution in [-0.2, 0) is 47.6 Å². The second-order valence-electron chi connectivity index (χ2n) is 18.9. The maximum atomic E-state index is 7.25. The summed E-state index contributed by atoms with van der Waals surface area (Å²) in [5.74, 6) is 2.32. The van der Waals surface area contributed by atoms with Gasteiger partial charge in [0.1, 0.15) is 17.6 Å². The van der Waals surface area contributed by atoms with Crippen molar-refractivity contribution in [3.05, 3.63) is 120 Å². The van der Waals surface area contributed by atoms with Gasteiger partial charge in [-0.25, -0.2) is 0 Å². The van der Waals surface area contributed by atoms with E-state index in [2.05, 4.69) is 92.5 Å². The molecule has 0 heterocycles. The molecule has 0 N–H and O–H groups in total. The van der Waals surface area contributed by atoms with Crippen molar-refractivity contribution in [1.29, 1.82) is 0 Å². The lowest BCUT2D eigenvalue weighted by molar-refractivity contribution is -0.0330. The maximum absolute atomic E-state index is 7.25. The Kier molecular flexibility index (Phi) is 20.8. The Balaban J connectivity index is 1.83. The molecule has 0 fully saturated rings. The van der Waals surface area contributed by atoms with Gasteiger partial charge in [0.05, 0.1) is 58.6 Å². The maximum Gasteiger partial charge on any atom is 0.192 e. The first-order valence-corrected chi connectivity index (χ1v) is 27.5. The second-order valence-corrected chi connectivity index (χ2v) is 28.4. The smallest absolute Gasteiger partial charge is 0.192 e. The van der Waals surface area contributed by atoms with Crippen LogP contribution in [0.5, 0.6) is 11.5 Å². The minimum atomic E-state index is -2.22. The molecule has 0 aliphatic heterocycles. The molecule has 0 spiro atoms. The highest BCUT2D eigenvalue weighted by atomic mass is 28.4. The van der Waals surface area contributed by atoms with Crippen molar-refractivity contribution in [1.82, 2.24) is 0 Å². The highest BCUT2D eigenvalue weighted by Crippen LogP contribution is 2.41. The van der Waals surface area contributed by atoms with Crippen molar-refractivity contribution in [2.24, 2.45) is 0 Å². The van der Waals surface area contributed by atoms with Gasteiger partial charge in [-0.05, 0) is 97.0 Å².